The van der Waals surface area contributed by atoms with Gasteiger partial charge in [-0.05, 0) is 18.2 Å². The van der Waals surface area contributed by atoms with E-state index >= 15 is 0 Å². The molecule has 0 saturated carbocycles. The van der Waals surface area contributed by atoms with Gasteiger partial charge in [0.2, 0.25) is 0 Å². The molecule has 0 fully saturated rings. The first kappa shape index (κ1) is 10.2. The second kappa shape index (κ2) is 3.92. The van der Waals surface area contributed by atoms with E-state index in [0.717, 1.165) is 12.4 Å². The molecule has 0 radical (unpaired) electrons. The monoisotopic (exact) mass is 195 g/mol. The van der Waals surface area contributed by atoms with Crippen LogP contribution in [0.3, 0.4) is 0 Å². The molecule has 0 aliphatic heterocycles. The molecular weight excluding hydrogens is 178 g/mol. The molecule has 1 heterocycles. The molecule has 0 saturated heterocycles. The highest BCUT2D eigenvalue weighted by Crippen LogP contribution is 2.12. The molecule has 0 aromatic carbocycles. The van der Waals surface area contributed by atoms with Crippen molar-refractivity contribution >= 4 is 13.3 Å². The van der Waals surface area contributed by atoms with Gasteiger partial charge in [-0.3, -0.25) is 4.98 Å². The lowest BCUT2D eigenvalue weighted by Crippen LogP contribution is -2.38. The van der Waals surface area contributed by atoms with E-state index in [2.05, 4.69) is 24.6 Å². The Kier molecular flexibility index (Phi) is 3.09. The quantitative estimate of drug-likeness (QED) is 0.688. The maximum Gasteiger partial charge on any atom is 0.121 e. The molecule has 0 unspecified atom stereocenters. The van der Waals surface area contributed by atoms with Gasteiger partial charge in [0.25, 0.3) is 0 Å². The minimum absolute atomic E-state index is 0.724. The average molecular weight is 195 g/mol. The fourth-order valence-electron chi connectivity index (χ4n) is 1.23. The third-order valence-electron chi connectivity index (χ3n) is 1.89. The predicted molar refractivity (Wildman–Crippen MR) is 58.4 cm³/mol. The van der Waals surface area contributed by atoms with E-state index in [1.54, 1.807) is 6.20 Å². The maximum absolute atomic E-state index is 5.56. The number of nitrogens with zero attached hydrogens (tertiary/aromatic N) is 1. The molecule has 3 heteroatoms. The maximum atomic E-state index is 5.56. The van der Waals surface area contributed by atoms with Crippen LogP contribution in [0.15, 0.2) is 18.5 Å². The first-order chi connectivity index (χ1) is 6.05. The zero-order valence-corrected chi connectivity index (χ0v) is 9.79. The first-order valence-corrected chi connectivity index (χ1v) is 8.13. The van der Waals surface area contributed by atoms with Crippen molar-refractivity contribution in [3.05, 3.63) is 18.5 Å². The number of hydrogen-bond acceptors (Lipinski definition) is 2. The molecule has 1 aromatic rings. The fourth-order valence-corrected chi connectivity index (χ4v) is 2.58. The smallest absolute Gasteiger partial charge is 0.121 e. The van der Waals surface area contributed by atoms with E-state index in [1.807, 2.05) is 19.2 Å². The Labute approximate surface area is 81.0 Å². The van der Waals surface area contributed by atoms with Crippen LogP contribution in [0.25, 0.3) is 0 Å². The highest BCUT2D eigenvalue weighted by molar-refractivity contribution is 6.89. The van der Waals surface area contributed by atoms with E-state index in [-0.39, 0.29) is 0 Å². The van der Waals surface area contributed by atoms with Crippen LogP contribution >= 0.6 is 0 Å². The molecule has 0 atom stereocenters. The average Bonchev–Trinajstić information content (AvgIpc) is 2.04. The van der Waals surface area contributed by atoms with Gasteiger partial charge in [-0.25, -0.2) is 0 Å². The van der Waals surface area contributed by atoms with Crippen LogP contribution in [-0.4, -0.2) is 19.7 Å². The van der Waals surface area contributed by atoms with Crippen molar-refractivity contribution in [2.24, 2.45) is 0 Å². The molecule has 1 aromatic heterocycles. The summed E-state index contributed by atoms with van der Waals surface area (Å²) in [5, 5.41) is 1.30. The summed E-state index contributed by atoms with van der Waals surface area (Å²) in [6.45, 7) is 9.63. The summed E-state index contributed by atoms with van der Waals surface area (Å²) in [6.07, 6.45) is 3.73. The van der Waals surface area contributed by atoms with E-state index in [1.165, 1.54) is 5.19 Å². The van der Waals surface area contributed by atoms with Gasteiger partial charge in [0.1, 0.15) is 5.75 Å². The summed E-state index contributed by atoms with van der Waals surface area (Å²) < 4.78 is 5.56. The SMILES string of the molecule is CCOc1ccncc1[Si](C)(C)C. The van der Waals surface area contributed by atoms with Gasteiger partial charge in [0.15, 0.2) is 0 Å². The van der Waals surface area contributed by atoms with Crippen molar-refractivity contribution in [3.63, 3.8) is 0 Å². The van der Waals surface area contributed by atoms with Gasteiger partial charge in [-0.2, -0.15) is 0 Å². The summed E-state index contributed by atoms with van der Waals surface area (Å²) in [4.78, 5) is 4.15. The summed E-state index contributed by atoms with van der Waals surface area (Å²) in [5.74, 6) is 1.01. The van der Waals surface area contributed by atoms with Crippen molar-refractivity contribution < 1.29 is 4.74 Å². The molecule has 13 heavy (non-hydrogen) atoms. The highest BCUT2D eigenvalue weighted by atomic mass is 28.3. The molecule has 2 nitrogen and oxygen atoms in total. The highest BCUT2D eigenvalue weighted by Gasteiger charge is 2.20. The normalized spacial score (nSPS) is 11.4. The lowest BCUT2D eigenvalue weighted by molar-refractivity contribution is 0.342. The minimum Gasteiger partial charge on any atom is -0.494 e. The van der Waals surface area contributed by atoms with Crippen LogP contribution in [0.4, 0.5) is 0 Å². The van der Waals surface area contributed by atoms with Crippen LogP contribution < -0.4 is 9.92 Å². The molecule has 0 N–H and O–H groups in total. The fraction of sp³-hybridized carbons (Fsp3) is 0.500. The minimum atomic E-state index is -1.30. The molecule has 0 aliphatic carbocycles. The zero-order chi connectivity index (χ0) is 9.90. The Hall–Kier alpha value is -0.833. The van der Waals surface area contributed by atoms with Gasteiger partial charge in [-0.15, -0.1) is 0 Å². The third-order valence-corrected chi connectivity index (χ3v) is 3.88. The first-order valence-electron chi connectivity index (χ1n) is 4.63. The van der Waals surface area contributed by atoms with E-state index in [4.69, 9.17) is 4.74 Å². The molecule has 0 bridgehead atoms. The molecular formula is C10H17NOSi. The summed E-state index contributed by atoms with van der Waals surface area (Å²) in [5.41, 5.74) is 0. The second-order valence-electron chi connectivity index (χ2n) is 4.05. The van der Waals surface area contributed by atoms with Crippen molar-refractivity contribution in [2.45, 2.75) is 26.6 Å². The Morgan fingerprint density at radius 3 is 2.62 bits per heavy atom. The molecule has 1 rings (SSSR count). The lowest BCUT2D eigenvalue weighted by Gasteiger charge is -2.19. The predicted octanol–water partition coefficient (Wildman–Crippen LogP) is 2.03. The standard InChI is InChI=1S/C10H17NOSi/c1-5-12-9-6-7-11-8-10(9)13(2,3)4/h6-8H,5H2,1-4H3. The Bertz CT molecular complexity index is 280. The van der Waals surface area contributed by atoms with Gasteiger partial charge in [-0.1, -0.05) is 19.6 Å². The van der Waals surface area contributed by atoms with Crippen molar-refractivity contribution in [1.29, 1.82) is 0 Å². The van der Waals surface area contributed by atoms with E-state index < -0.39 is 8.07 Å². The second-order valence-corrected chi connectivity index (χ2v) is 9.09. The summed E-state index contributed by atoms with van der Waals surface area (Å²) in [6, 6.07) is 1.96. The summed E-state index contributed by atoms with van der Waals surface area (Å²) in [7, 11) is -1.30. The van der Waals surface area contributed by atoms with Crippen molar-refractivity contribution in [2.75, 3.05) is 6.61 Å². The van der Waals surface area contributed by atoms with Crippen LogP contribution in [-0.2, 0) is 0 Å². The molecule has 72 valence electrons. The Balaban J connectivity index is 3.05. The number of pyridine rings is 1. The van der Waals surface area contributed by atoms with Crippen LogP contribution in [0.2, 0.25) is 19.6 Å². The largest absolute Gasteiger partial charge is 0.494 e. The molecule has 0 aliphatic rings. The van der Waals surface area contributed by atoms with Gasteiger partial charge in [0, 0.05) is 12.4 Å². The third kappa shape index (κ3) is 2.55. The van der Waals surface area contributed by atoms with Gasteiger partial charge < -0.3 is 4.74 Å². The number of hydrogen-bond donors (Lipinski definition) is 0. The molecule has 0 spiro atoms. The van der Waals surface area contributed by atoms with Crippen LogP contribution in [0.5, 0.6) is 5.75 Å². The Morgan fingerprint density at radius 2 is 2.08 bits per heavy atom. The Morgan fingerprint density at radius 1 is 1.38 bits per heavy atom. The topological polar surface area (TPSA) is 22.1 Å². The van der Waals surface area contributed by atoms with Gasteiger partial charge in [0.05, 0.1) is 14.7 Å². The van der Waals surface area contributed by atoms with Gasteiger partial charge >= 0.3 is 0 Å². The lowest BCUT2D eigenvalue weighted by atomic mass is 10.4. The van der Waals surface area contributed by atoms with E-state index in [9.17, 15) is 0 Å². The summed E-state index contributed by atoms with van der Waals surface area (Å²) >= 11 is 0. The number of aromatic nitrogens is 1. The van der Waals surface area contributed by atoms with E-state index in [0.29, 0.717) is 0 Å². The van der Waals surface area contributed by atoms with Crippen molar-refractivity contribution in [3.8, 4) is 5.75 Å². The van der Waals surface area contributed by atoms with Crippen molar-refractivity contribution in [1.82, 2.24) is 4.98 Å². The van der Waals surface area contributed by atoms with Crippen LogP contribution in [0.1, 0.15) is 6.92 Å². The molecule has 0 amide bonds. The zero-order valence-electron chi connectivity index (χ0n) is 8.79. The van der Waals surface area contributed by atoms with Crippen LogP contribution in [0, 0.1) is 0 Å². The number of ether oxygens (including phenoxy) is 1. The number of rotatable bonds is 3.